The monoisotopic (exact) mass is 296 g/mol. The molecule has 2 amide bonds. The normalized spacial score (nSPS) is 22.7. The largest absolute Gasteiger partial charge is 0.355 e. The Kier molecular flexibility index (Phi) is 5.22. The van der Waals surface area contributed by atoms with Gasteiger partial charge in [-0.05, 0) is 32.1 Å². The molecule has 1 aliphatic heterocycles. The average molecular weight is 296 g/mol. The molecule has 2 fully saturated rings. The van der Waals surface area contributed by atoms with E-state index in [1.807, 2.05) is 18.7 Å². The van der Waals surface area contributed by atoms with Gasteiger partial charge >= 0.3 is 0 Å². The number of nitrogens with two attached hydrogens (primary N) is 1. The van der Waals surface area contributed by atoms with Crippen LogP contribution < -0.4 is 11.1 Å². The van der Waals surface area contributed by atoms with Crippen LogP contribution in [0.4, 0.5) is 0 Å². The molecule has 0 aromatic rings. The van der Waals surface area contributed by atoms with Gasteiger partial charge in [-0.2, -0.15) is 0 Å². The molecular formula is C15H28N4O2. The standard InChI is InChI=1S/C15H28N4O2/c1-3-6-17-13(20)11-18-7-9-19(10-8-18)14(21)15(2,16)12-4-5-12/h12H,3-11,16H2,1-2H3,(H,17,20). The predicted molar refractivity (Wildman–Crippen MR) is 81.6 cm³/mol. The fraction of sp³-hybridized carbons (Fsp3) is 0.867. The van der Waals surface area contributed by atoms with E-state index in [9.17, 15) is 9.59 Å². The molecule has 0 bridgehead atoms. The molecule has 0 radical (unpaired) electrons. The van der Waals surface area contributed by atoms with Crippen LogP contribution in [0, 0.1) is 5.92 Å². The molecule has 1 heterocycles. The predicted octanol–water partition coefficient (Wildman–Crippen LogP) is -0.216. The third-order valence-corrected chi connectivity index (χ3v) is 4.49. The van der Waals surface area contributed by atoms with Crippen molar-refractivity contribution in [3.8, 4) is 0 Å². The summed E-state index contributed by atoms with van der Waals surface area (Å²) in [5.41, 5.74) is 5.49. The lowest BCUT2D eigenvalue weighted by atomic mass is 9.95. The van der Waals surface area contributed by atoms with Crippen LogP contribution in [0.25, 0.3) is 0 Å². The summed E-state index contributed by atoms with van der Waals surface area (Å²) in [7, 11) is 0. The maximum absolute atomic E-state index is 12.5. The highest BCUT2D eigenvalue weighted by Gasteiger charge is 2.46. The van der Waals surface area contributed by atoms with Crippen molar-refractivity contribution >= 4 is 11.8 Å². The Morgan fingerprint density at radius 1 is 1.24 bits per heavy atom. The lowest BCUT2D eigenvalue weighted by Crippen LogP contribution is -2.59. The van der Waals surface area contributed by atoms with Crippen LogP contribution in [-0.2, 0) is 9.59 Å². The Labute approximate surface area is 127 Å². The molecule has 0 aromatic carbocycles. The van der Waals surface area contributed by atoms with Crippen molar-refractivity contribution in [2.24, 2.45) is 11.7 Å². The summed E-state index contributed by atoms with van der Waals surface area (Å²) in [6.45, 7) is 7.86. The Bertz CT molecular complexity index is 385. The first-order chi connectivity index (χ1) is 9.95. The summed E-state index contributed by atoms with van der Waals surface area (Å²) in [5, 5.41) is 2.88. The van der Waals surface area contributed by atoms with Gasteiger partial charge in [0.15, 0.2) is 0 Å². The van der Waals surface area contributed by atoms with Crippen LogP contribution >= 0.6 is 0 Å². The Morgan fingerprint density at radius 2 is 1.86 bits per heavy atom. The van der Waals surface area contributed by atoms with Crippen LogP contribution in [0.2, 0.25) is 0 Å². The fourth-order valence-electron chi connectivity index (χ4n) is 2.83. The van der Waals surface area contributed by atoms with Crippen LogP contribution in [0.3, 0.4) is 0 Å². The number of hydrogen-bond donors (Lipinski definition) is 2. The Balaban J connectivity index is 1.75. The highest BCUT2D eigenvalue weighted by molar-refractivity contribution is 5.86. The smallest absolute Gasteiger partial charge is 0.242 e. The second-order valence-electron chi connectivity index (χ2n) is 6.48. The van der Waals surface area contributed by atoms with Crippen molar-refractivity contribution in [3.63, 3.8) is 0 Å². The first kappa shape index (κ1) is 16.2. The van der Waals surface area contributed by atoms with E-state index in [4.69, 9.17) is 5.73 Å². The Hall–Kier alpha value is -1.14. The first-order valence-corrected chi connectivity index (χ1v) is 8.02. The molecule has 1 saturated carbocycles. The van der Waals surface area contributed by atoms with E-state index >= 15 is 0 Å². The van der Waals surface area contributed by atoms with Gasteiger partial charge in [-0.1, -0.05) is 6.92 Å². The average Bonchev–Trinajstić information content (AvgIpc) is 3.30. The van der Waals surface area contributed by atoms with Gasteiger partial charge in [0, 0.05) is 32.7 Å². The number of rotatable bonds is 6. The van der Waals surface area contributed by atoms with E-state index in [1.165, 1.54) is 0 Å². The summed E-state index contributed by atoms with van der Waals surface area (Å²) in [6, 6.07) is 0. The van der Waals surface area contributed by atoms with Crippen molar-refractivity contribution < 1.29 is 9.59 Å². The maximum atomic E-state index is 12.5. The van der Waals surface area contributed by atoms with Gasteiger partial charge in [-0.25, -0.2) is 0 Å². The lowest BCUT2D eigenvalue weighted by Gasteiger charge is -2.38. The van der Waals surface area contributed by atoms with Gasteiger partial charge in [0.1, 0.15) is 0 Å². The Morgan fingerprint density at radius 3 is 2.38 bits per heavy atom. The van der Waals surface area contributed by atoms with Gasteiger partial charge in [0.25, 0.3) is 0 Å². The quantitative estimate of drug-likeness (QED) is 0.710. The maximum Gasteiger partial charge on any atom is 0.242 e. The molecule has 1 aliphatic carbocycles. The summed E-state index contributed by atoms with van der Waals surface area (Å²) in [4.78, 5) is 28.1. The summed E-state index contributed by atoms with van der Waals surface area (Å²) in [5.74, 6) is 0.487. The van der Waals surface area contributed by atoms with Gasteiger partial charge in [-0.3, -0.25) is 14.5 Å². The number of nitrogens with one attached hydrogen (secondary N) is 1. The zero-order chi connectivity index (χ0) is 15.5. The van der Waals surface area contributed by atoms with Gasteiger partial charge in [-0.15, -0.1) is 0 Å². The second kappa shape index (κ2) is 6.75. The molecule has 1 saturated heterocycles. The molecule has 1 atom stereocenters. The van der Waals surface area contributed by atoms with Crippen LogP contribution in [0.15, 0.2) is 0 Å². The van der Waals surface area contributed by atoms with Crippen molar-refractivity contribution in [1.29, 1.82) is 0 Å². The van der Waals surface area contributed by atoms with Gasteiger partial charge in [0.05, 0.1) is 12.1 Å². The molecule has 1 unspecified atom stereocenters. The van der Waals surface area contributed by atoms with E-state index in [0.29, 0.717) is 25.6 Å². The molecule has 120 valence electrons. The van der Waals surface area contributed by atoms with E-state index in [1.54, 1.807) is 0 Å². The zero-order valence-electron chi connectivity index (χ0n) is 13.2. The second-order valence-corrected chi connectivity index (χ2v) is 6.48. The number of piperazine rings is 1. The minimum atomic E-state index is -0.708. The van der Waals surface area contributed by atoms with E-state index in [2.05, 4.69) is 10.2 Å². The zero-order valence-corrected chi connectivity index (χ0v) is 13.2. The van der Waals surface area contributed by atoms with Gasteiger partial charge in [0.2, 0.25) is 11.8 Å². The molecule has 0 spiro atoms. The van der Waals surface area contributed by atoms with E-state index in [-0.39, 0.29) is 11.8 Å². The number of hydrogen-bond acceptors (Lipinski definition) is 4. The molecule has 21 heavy (non-hydrogen) atoms. The molecule has 3 N–H and O–H groups in total. The third-order valence-electron chi connectivity index (χ3n) is 4.49. The van der Waals surface area contributed by atoms with Crippen molar-refractivity contribution in [2.75, 3.05) is 39.3 Å². The molecule has 2 rings (SSSR count). The number of amides is 2. The number of carbonyl (C=O) groups is 2. The van der Waals surface area contributed by atoms with Crippen LogP contribution in [-0.4, -0.2) is 66.4 Å². The topological polar surface area (TPSA) is 78.7 Å². The highest BCUT2D eigenvalue weighted by Crippen LogP contribution is 2.39. The van der Waals surface area contributed by atoms with Crippen LogP contribution in [0.5, 0.6) is 0 Å². The minimum absolute atomic E-state index is 0.0678. The molecule has 0 aromatic heterocycles. The first-order valence-electron chi connectivity index (χ1n) is 8.02. The fourth-order valence-corrected chi connectivity index (χ4v) is 2.83. The molecular weight excluding hydrogens is 268 g/mol. The van der Waals surface area contributed by atoms with Crippen molar-refractivity contribution in [3.05, 3.63) is 0 Å². The third kappa shape index (κ3) is 4.17. The van der Waals surface area contributed by atoms with E-state index < -0.39 is 5.54 Å². The van der Waals surface area contributed by atoms with Crippen molar-refractivity contribution in [1.82, 2.24) is 15.1 Å². The van der Waals surface area contributed by atoms with Gasteiger partial charge < -0.3 is 16.0 Å². The highest BCUT2D eigenvalue weighted by atomic mass is 16.2. The molecule has 6 heteroatoms. The van der Waals surface area contributed by atoms with E-state index in [0.717, 1.165) is 38.9 Å². The molecule has 2 aliphatic rings. The number of nitrogens with zero attached hydrogens (tertiary/aromatic N) is 2. The van der Waals surface area contributed by atoms with Crippen molar-refractivity contribution in [2.45, 2.75) is 38.6 Å². The SMILES string of the molecule is CCCNC(=O)CN1CCN(C(=O)C(C)(N)C2CC2)CC1. The molecule has 6 nitrogen and oxygen atoms in total. The lowest BCUT2D eigenvalue weighted by molar-refractivity contribution is -0.139. The number of carbonyl (C=O) groups excluding carboxylic acids is 2. The van der Waals surface area contributed by atoms with Crippen LogP contribution in [0.1, 0.15) is 33.1 Å². The summed E-state index contributed by atoms with van der Waals surface area (Å²) < 4.78 is 0. The minimum Gasteiger partial charge on any atom is -0.355 e. The summed E-state index contributed by atoms with van der Waals surface area (Å²) >= 11 is 0. The summed E-state index contributed by atoms with van der Waals surface area (Å²) in [6.07, 6.45) is 3.08.